The first-order valence-electron chi connectivity index (χ1n) is 5.01. The monoisotopic (exact) mass is 297 g/mol. The second-order valence-corrected chi connectivity index (χ2v) is 4.84. The van der Waals surface area contributed by atoms with E-state index >= 15 is 0 Å². The Hall–Kier alpha value is -1.90. The first-order valence-corrected chi connectivity index (χ1v) is 6.21. The quantitative estimate of drug-likeness (QED) is 0.386. The van der Waals surface area contributed by atoms with Gasteiger partial charge in [-0.05, 0) is 24.3 Å². The van der Waals surface area contributed by atoms with Crippen LogP contribution in [0.1, 0.15) is 0 Å². The van der Waals surface area contributed by atoms with E-state index < -0.39 is 4.92 Å². The molecule has 0 saturated heterocycles. The van der Waals surface area contributed by atoms with Gasteiger partial charge in [-0.3, -0.25) is 15.5 Å². The Bertz CT molecular complexity index is 607. The Morgan fingerprint density at radius 3 is 2.63 bits per heavy atom. The number of nitro groups is 1. The Morgan fingerprint density at radius 2 is 2.05 bits per heavy atom. The maximum Gasteiger partial charge on any atom is 0.320 e. The minimum atomic E-state index is -0.543. The van der Waals surface area contributed by atoms with Crippen LogP contribution in [0.15, 0.2) is 40.4 Å². The molecule has 0 unspecified atom stereocenters. The number of nitrogens with two attached hydrogens (primary N) is 1. The van der Waals surface area contributed by atoms with E-state index in [1.165, 1.54) is 0 Å². The lowest BCUT2D eigenvalue weighted by atomic mass is 10.4. The molecule has 2 rings (SSSR count). The van der Waals surface area contributed by atoms with Gasteiger partial charge in [0.2, 0.25) is 5.95 Å². The number of aromatic nitrogens is 2. The van der Waals surface area contributed by atoms with Crippen molar-refractivity contribution in [2.45, 2.75) is 9.92 Å². The molecule has 1 aromatic heterocycles. The third kappa shape index (κ3) is 3.31. The van der Waals surface area contributed by atoms with Crippen LogP contribution >= 0.6 is 23.4 Å². The molecule has 1 heterocycles. The zero-order valence-electron chi connectivity index (χ0n) is 9.41. The van der Waals surface area contributed by atoms with Crippen LogP contribution in [0.3, 0.4) is 0 Å². The average Bonchev–Trinajstić information content (AvgIpc) is 2.41. The smallest absolute Gasteiger partial charge is 0.292 e. The molecule has 0 amide bonds. The molecule has 0 aliphatic rings. The Balaban J connectivity index is 2.36. The fourth-order valence-corrected chi connectivity index (χ4v) is 2.23. The van der Waals surface area contributed by atoms with E-state index in [1.54, 1.807) is 24.3 Å². The number of rotatable bonds is 4. The molecule has 0 atom stereocenters. The van der Waals surface area contributed by atoms with Gasteiger partial charge in [0.25, 0.3) is 0 Å². The lowest BCUT2D eigenvalue weighted by Gasteiger charge is -2.04. The summed E-state index contributed by atoms with van der Waals surface area (Å²) in [6.45, 7) is 0. The minimum Gasteiger partial charge on any atom is -0.292 e. The highest BCUT2D eigenvalue weighted by molar-refractivity contribution is 7.99. The number of nitrogens with one attached hydrogen (secondary N) is 1. The first kappa shape index (κ1) is 13.5. The third-order valence-corrected chi connectivity index (χ3v) is 3.34. The highest BCUT2D eigenvalue weighted by atomic mass is 35.5. The Morgan fingerprint density at radius 1 is 1.37 bits per heavy atom. The summed E-state index contributed by atoms with van der Waals surface area (Å²) in [6, 6.07) is 6.88. The van der Waals surface area contributed by atoms with Gasteiger partial charge in [-0.15, -0.1) is 0 Å². The number of benzene rings is 1. The van der Waals surface area contributed by atoms with Crippen molar-refractivity contribution in [3.8, 4) is 0 Å². The summed E-state index contributed by atoms with van der Waals surface area (Å²) in [4.78, 5) is 18.8. The van der Waals surface area contributed by atoms with Crippen molar-refractivity contribution in [3.63, 3.8) is 0 Å². The summed E-state index contributed by atoms with van der Waals surface area (Å²) in [5.74, 6) is 5.30. The third-order valence-electron chi connectivity index (χ3n) is 2.09. The molecule has 0 fully saturated rings. The predicted molar refractivity (Wildman–Crippen MR) is 72.1 cm³/mol. The van der Waals surface area contributed by atoms with Crippen molar-refractivity contribution in [1.82, 2.24) is 9.97 Å². The summed E-state index contributed by atoms with van der Waals surface area (Å²) in [7, 11) is 0. The van der Waals surface area contributed by atoms with E-state index in [-0.39, 0.29) is 16.7 Å². The molecule has 3 N–H and O–H groups in total. The highest BCUT2D eigenvalue weighted by Crippen LogP contribution is 2.33. The van der Waals surface area contributed by atoms with E-state index in [4.69, 9.17) is 17.4 Å². The molecule has 0 bridgehead atoms. The zero-order chi connectivity index (χ0) is 13.8. The van der Waals surface area contributed by atoms with Crippen LogP contribution in [0, 0.1) is 10.1 Å². The molecule has 0 aliphatic carbocycles. The molecule has 7 nitrogen and oxygen atoms in total. The van der Waals surface area contributed by atoms with Crippen LogP contribution in [-0.4, -0.2) is 14.9 Å². The fourth-order valence-electron chi connectivity index (χ4n) is 1.24. The van der Waals surface area contributed by atoms with Gasteiger partial charge < -0.3 is 0 Å². The normalized spacial score (nSPS) is 10.2. The standard InChI is InChI=1S/C10H8ClN5O2S/c11-6-1-3-7(4-2-6)19-9-8(16(17)18)5-13-10(14-9)15-12/h1-5H,12H2,(H,13,14,15). The van der Waals surface area contributed by atoms with Crippen LogP contribution in [0.4, 0.5) is 11.6 Å². The fraction of sp³-hybridized carbons (Fsp3) is 0. The van der Waals surface area contributed by atoms with Gasteiger partial charge in [-0.1, -0.05) is 23.4 Å². The Kier molecular flexibility index (Phi) is 4.15. The molecule has 0 saturated carbocycles. The molecule has 0 spiro atoms. The number of nitrogens with zero attached hydrogens (tertiary/aromatic N) is 3. The number of halogens is 1. The number of anilines is 1. The van der Waals surface area contributed by atoms with E-state index in [1.807, 2.05) is 0 Å². The molecule has 98 valence electrons. The highest BCUT2D eigenvalue weighted by Gasteiger charge is 2.18. The van der Waals surface area contributed by atoms with Crippen LogP contribution in [-0.2, 0) is 0 Å². The predicted octanol–water partition coefficient (Wildman–Crippen LogP) is 2.47. The van der Waals surface area contributed by atoms with Crippen molar-refractivity contribution >= 4 is 35.0 Å². The van der Waals surface area contributed by atoms with E-state index in [0.29, 0.717) is 5.02 Å². The maximum atomic E-state index is 10.9. The first-order chi connectivity index (χ1) is 9.10. The van der Waals surface area contributed by atoms with Crippen molar-refractivity contribution < 1.29 is 4.92 Å². The Labute approximate surface area is 117 Å². The van der Waals surface area contributed by atoms with Crippen LogP contribution < -0.4 is 11.3 Å². The molecular weight excluding hydrogens is 290 g/mol. The second-order valence-electron chi connectivity index (χ2n) is 3.34. The largest absolute Gasteiger partial charge is 0.320 e. The molecule has 2 aromatic rings. The van der Waals surface area contributed by atoms with E-state index in [0.717, 1.165) is 22.9 Å². The maximum absolute atomic E-state index is 10.9. The van der Waals surface area contributed by atoms with Crippen LogP contribution in [0.5, 0.6) is 0 Å². The average molecular weight is 298 g/mol. The van der Waals surface area contributed by atoms with Gasteiger partial charge in [0, 0.05) is 9.92 Å². The lowest BCUT2D eigenvalue weighted by Crippen LogP contribution is -2.11. The van der Waals surface area contributed by atoms with Crippen molar-refractivity contribution in [3.05, 3.63) is 45.6 Å². The van der Waals surface area contributed by atoms with Crippen molar-refractivity contribution in [2.24, 2.45) is 5.84 Å². The van der Waals surface area contributed by atoms with Crippen molar-refractivity contribution in [1.29, 1.82) is 0 Å². The molecular formula is C10H8ClN5O2S. The van der Waals surface area contributed by atoms with Gasteiger partial charge in [-0.2, -0.15) is 4.98 Å². The minimum absolute atomic E-state index is 0.113. The van der Waals surface area contributed by atoms with Gasteiger partial charge in [-0.25, -0.2) is 10.8 Å². The van der Waals surface area contributed by atoms with Gasteiger partial charge in [0.05, 0.1) is 4.92 Å². The van der Waals surface area contributed by atoms with Gasteiger partial charge in [0.1, 0.15) is 6.20 Å². The SMILES string of the molecule is NNc1ncc([N+](=O)[O-])c(Sc2ccc(Cl)cc2)n1. The molecule has 0 radical (unpaired) electrons. The molecule has 19 heavy (non-hydrogen) atoms. The molecule has 0 aliphatic heterocycles. The van der Waals surface area contributed by atoms with Crippen LogP contribution in [0.25, 0.3) is 0 Å². The molecule has 1 aromatic carbocycles. The number of hydrogen-bond acceptors (Lipinski definition) is 7. The van der Waals surface area contributed by atoms with Crippen molar-refractivity contribution in [2.75, 3.05) is 5.43 Å². The second kappa shape index (κ2) is 5.83. The number of hydrazine groups is 1. The number of nitrogen functional groups attached to an aromatic ring is 1. The van der Waals surface area contributed by atoms with Gasteiger partial charge in [0.15, 0.2) is 5.03 Å². The van der Waals surface area contributed by atoms with Gasteiger partial charge >= 0.3 is 5.69 Å². The summed E-state index contributed by atoms with van der Waals surface area (Å²) < 4.78 is 0. The number of hydrogen-bond donors (Lipinski definition) is 2. The van der Waals surface area contributed by atoms with E-state index in [2.05, 4.69) is 15.4 Å². The zero-order valence-corrected chi connectivity index (χ0v) is 11.0. The summed E-state index contributed by atoms with van der Waals surface area (Å²) in [5.41, 5.74) is 2.07. The topological polar surface area (TPSA) is 107 Å². The summed E-state index contributed by atoms with van der Waals surface area (Å²) >= 11 is 6.91. The lowest BCUT2D eigenvalue weighted by molar-refractivity contribution is -0.388. The summed E-state index contributed by atoms with van der Waals surface area (Å²) in [5, 5.41) is 11.7. The molecule has 9 heteroatoms. The van der Waals surface area contributed by atoms with E-state index in [9.17, 15) is 10.1 Å². The van der Waals surface area contributed by atoms with Crippen LogP contribution in [0.2, 0.25) is 5.02 Å². The summed E-state index contributed by atoms with van der Waals surface area (Å²) in [6.07, 6.45) is 1.11.